The van der Waals surface area contributed by atoms with Crippen molar-refractivity contribution in [2.75, 3.05) is 6.54 Å². The Kier molecular flexibility index (Phi) is 5.47. The second-order valence-corrected chi connectivity index (χ2v) is 6.87. The molecule has 150 valence electrons. The minimum atomic E-state index is -4.83. The molecule has 0 radical (unpaired) electrons. The fourth-order valence-corrected chi connectivity index (χ4v) is 3.23. The zero-order chi connectivity index (χ0) is 20.6. The van der Waals surface area contributed by atoms with Gasteiger partial charge in [0.1, 0.15) is 5.82 Å². The van der Waals surface area contributed by atoms with E-state index < -0.39 is 29.5 Å². The SMILES string of the molecule is CC[C@@H]1CN2N=C(Cl)C=C(C(=O)N[C@H](C)c3cccc(C(F)(F)F)c3F)C2=N1. The topological polar surface area (TPSA) is 57.1 Å². The van der Waals surface area contributed by atoms with Gasteiger partial charge in [0.15, 0.2) is 11.0 Å². The van der Waals surface area contributed by atoms with Crippen LogP contribution >= 0.6 is 11.6 Å². The number of aliphatic imine (C=N–C) groups is 1. The molecule has 2 aliphatic heterocycles. The number of rotatable bonds is 4. The monoisotopic (exact) mass is 416 g/mol. The Morgan fingerprint density at radius 1 is 1.43 bits per heavy atom. The first-order valence-corrected chi connectivity index (χ1v) is 8.97. The molecular formula is C18H17ClF4N4O. The molecule has 2 atom stereocenters. The van der Waals surface area contributed by atoms with Crippen molar-refractivity contribution in [1.29, 1.82) is 0 Å². The van der Waals surface area contributed by atoms with Crippen molar-refractivity contribution in [3.05, 3.63) is 46.8 Å². The maximum Gasteiger partial charge on any atom is 0.419 e. The van der Waals surface area contributed by atoms with E-state index in [1.165, 1.54) is 24.1 Å². The van der Waals surface area contributed by atoms with Crippen LogP contribution in [-0.4, -0.2) is 34.5 Å². The number of alkyl halides is 3. The summed E-state index contributed by atoms with van der Waals surface area (Å²) >= 11 is 5.97. The molecule has 1 aromatic carbocycles. The molecule has 1 N–H and O–H groups in total. The number of carbonyl (C=O) groups excluding carboxylic acids is 1. The van der Waals surface area contributed by atoms with Gasteiger partial charge in [-0.15, -0.1) is 0 Å². The van der Waals surface area contributed by atoms with E-state index in [4.69, 9.17) is 11.6 Å². The highest BCUT2D eigenvalue weighted by Crippen LogP contribution is 2.34. The molecule has 28 heavy (non-hydrogen) atoms. The van der Waals surface area contributed by atoms with Crippen LogP contribution in [0, 0.1) is 5.82 Å². The van der Waals surface area contributed by atoms with E-state index >= 15 is 0 Å². The van der Waals surface area contributed by atoms with Gasteiger partial charge < -0.3 is 5.32 Å². The summed E-state index contributed by atoms with van der Waals surface area (Å²) in [4.78, 5) is 17.1. The van der Waals surface area contributed by atoms with Crippen LogP contribution < -0.4 is 5.32 Å². The number of hydrogen-bond donors (Lipinski definition) is 1. The van der Waals surface area contributed by atoms with E-state index in [1.54, 1.807) is 0 Å². The maximum absolute atomic E-state index is 14.3. The summed E-state index contributed by atoms with van der Waals surface area (Å²) in [5.41, 5.74) is -1.51. The molecule has 0 aliphatic carbocycles. The number of amidine groups is 1. The lowest BCUT2D eigenvalue weighted by atomic mass is 10.0. The van der Waals surface area contributed by atoms with Crippen LogP contribution in [0.5, 0.6) is 0 Å². The van der Waals surface area contributed by atoms with Crippen LogP contribution in [0.1, 0.15) is 37.4 Å². The normalized spacial score (nSPS) is 20.2. The fourth-order valence-electron chi connectivity index (χ4n) is 3.03. The average Bonchev–Trinajstić information content (AvgIpc) is 3.02. The molecule has 2 heterocycles. The number of hydrazone groups is 1. The van der Waals surface area contributed by atoms with E-state index in [0.29, 0.717) is 18.4 Å². The lowest BCUT2D eigenvalue weighted by Gasteiger charge is -2.22. The minimum Gasteiger partial charge on any atom is -0.345 e. The average molecular weight is 417 g/mol. The third kappa shape index (κ3) is 3.89. The highest BCUT2D eigenvalue weighted by Gasteiger charge is 2.36. The van der Waals surface area contributed by atoms with Gasteiger partial charge >= 0.3 is 6.18 Å². The predicted octanol–water partition coefficient (Wildman–Crippen LogP) is 4.01. The first kappa shape index (κ1) is 20.3. The van der Waals surface area contributed by atoms with Gasteiger partial charge in [0.25, 0.3) is 5.91 Å². The zero-order valence-corrected chi connectivity index (χ0v) is 15.8. The summed E-state index contributed by atoms with van der Waals surface area (Å²) < 4.78 is 53.1. The number of allylic oxidation sites excluding steroid dienone is 1. The predicted molar refractivity (Wildman–Crippen MR) is 97.6 cm³/mol. The Labute approximate surface area is 163 Å². The zero-order valence-electron chi connectivity index (χ0n) is 15.0. The molecule has 0 spiro atoms. The molecule has 0 saturated carbocycles. The smallest absolute Gasteiger partial charge is 0.345 e. The highest BCUT2D eigenvalue weighted by atomic mass is 35.5. The molecule has 0 fully saturated rings. The number of nitrogens with zero attached hydrogens (tertiary/aromatic N) is 3. The van der Waals surface area contributed by atoms with E-state index in [0.717, 1.165) is 12.5 Å². The van der Waals surface area contributed by atoms with Gasteiger partial charge in [0, 0.05) is 5.56 Å². The molecule has 10 heteroatoms. The quantitative estimate of drug-likeness (QED) is 0.754. The van der Waals surface area contributed by atoms with E-state index in [1.807, 2.05) is 6.92 Å². The summed E-state index contributed by atoms with van der Waals surface area (Å²) in [5, 5.41) is 8.22. The van der Waals surface area contributed by atoms with Crippen LogP contribution in [0.3, 0.4) is 0 Å². The first-order valence-electron chi connectivity index (χ1n) is 8.59. The molecular weight excluding hydrogens is 400 g/mol. The summed E-state index contributed by atoms with van der Waals surface area (Å²) in [5.74, 6) is -1.70. The summed E-state index contributed by atoms with van der Waals surface area (Å²) in [6.07, 6.45) is -2.75. The lowest BCUT2D eigenvalue weighted by molar-refractivity contribution is -0.140. The second-order valence-electron chi connectivity index (χ2n) is 6.48. The minimum absolute atomic E-state index is 0.0455. The van der Waals surface area contributed by atoms with Gasteiger partial charge in [-0.3, -0.25) is 9.79 Å². The fraction of sp³-hybridized carbons (Fsp3) is 0.389. The highest BCUT2D eigenvalue weighted by molar-refractivity contribution is 6.69. The van der Waals surface area contributed by atoms with Crippen LogP contribution in [0.4, 0.5) is 17.6 Å². The lowest BCUT2D eigenvalue weighted by Crippen LogP contribution is -2.37. The maximum atomic E-state index is 14.3. The van der Waals surface area contributed by atoms with E-state index in [2.05, 4.69) is 15.4 Å². The summed E-state index contributed by atoms with van der Waals surface area (Å²) in [6.45, 7) is 3.82. The van der Waals surface area contributed by atoms with Crippen LogP contribution in [0.25, 0.3) is 0 Å². The summed E-state index contributed by atoms with van der Waals surface area (Å²) in [6, 6.07) is 1.90. The standard InChI is InChI=1S/C18H17ClF4N4O/c1-3-10-8-27-16(25-10)12(7-14(19)26-27)17(28)24-9(2)11-5-4-6-13(15(11)20)18(21,22)23/h4-7,9-10H,3,8H2,1-2H3,(H,24,28)/t9-,10-/m1/s1. The van der Waals surface area contributed by atoms with Crippen LogP contribution in [-0.2, 0) is 11.0 Å². The van der Waals surface area contributed by atoms with Gasteiger partial charge in [0.05, 0.1) is 29.8 Å². The van der Waals surface area contributed by atoms with Crippen molar-refractivity contribution in [2.24, 2.45) is 10.1 Å². The van der Waals surface area contributed by atoms with Crippen molar-refractivity contribution in [3.8, 4) is 0 Å². The van der Waals surface area contributed by atoms with Crippen molar-refractivity contribution >= 4 is 28.5 Å². The summed E-state index contributed by atoms with van der Waals surface area (Å²) in [7, 11) is 0. The molecule has 1 amide bonds. The van der Waals surface area contributed by atoms with Crippen LogP contribution in [0.15, 0.2) is 39.9 Å². The van der Waals surface area contributed by atoms with Gasteiger partial charge in [-0.25, -0.2) is 9.40 Å². The molecule has 2 aliphatic rings. The number of fused-ring (bicyclic) bond motifs is 1. The number of amides is 1. The van der Waals surface area contributed by atoms with Gasteiger partial charge in [0.2, 0.25) is 0 Å². The largest absolute Gasteiger partial charge is 0.419 e. The number of carbonyl (C=O) groups is 1. The Hall–Kier alpha value is -2.42. The van der Waals surface area contributed by atoms with E-state index in [9.17, 15) is 22.4 Å². The van der Waals surface area contributed by atoms with Crippen molar-refractivity contribution in [1.82, 2.24) is 10.3 Å². The Bertz CT molecular complexity index is 894. The Morgan fingerprint density at radius 2 is 2.14 bits per heavy atom. The van der Waals surface area contributed by atoms with Crippen molar-refractivity contribution in [2.45, 2.75) is 38.5 Å². The van der Waals surface area contributed by atoms with Crippen molar-refractivity contribution < 1.29 is 22.4 Å². The van der Waals surface area contributed by atoms with E-state index in [-0.39, 0.29) is 22.3 Å². The first-order chi connectivity index (χ1) is 13.1. The molecule has 5 nitrogen and oxygen atoms in total. The molecule has 1 aromatic rings. The Balaban J connectivity index is 1.84. The number of hydrogen-bond acceptors (Lipinski definition) is 4. The van der Waals surface area contributed by atoms with Crippen molar-refractivity contribution in [3.63, 3.8) is 0 Å². The van der Waals surface area contributed by atoms with Gasteiger partial charge in [-0.1, -0.05) is 30.7 Å². The number of nitrogens with one attached hydrogen (secondary N) is 1. The molecule has 0 saturated heterocycles. The van der Waals surface area contributed by atoms with Crippen LogP contribution in [0.2, 0.25) is 0 Å². The van der Waals surface area contributed by atoms with Gasteiger partial charge in [-0.05, 0) is 25.5 Å². The molecule has 0 aromatic heterocycles. The second kappa shape index (κ2) is 7.54. The third-order valence-corrected chi connectivity index (χ3v) is 4.70. The Morgan fingerprint density at radius 3 is 2.79 bits per heavy atom. The molecule has 3 rings (SSSR count). The third-order valence-electron chi connectivity index (χ3n) is 4.52. The number of benzene rings is 1. The number of halogens is 5. The molecule has 0 bridgehead atoms. The molecule has 0 unspecified atom stereocenters. The van der Waals surface area contributed by atoms with Gasteiger partial charge in [-0.2, -0.15) is 18.3 Å².